The Balaban J connectivity index is 1.98. The molecular formula is C17H20N4O2. The summed E-state index contributed by atoms with van der Waals surface area (Å²) in [6.07, 6.45) is 7.64. The number of hydrogen-bond donors (Lipinski definition) is 1. The standard InChI is InChI=1S/C17H20N4O2/c1-21(17-19-11-4-12-20-17)14-9-7-13(8-10-14)5-3-6-15(18)16(22)23-2/h3-5,7-12,15H,6,18H2,1-2H3/b5-3+. The molecule has 0 aliphatic heterocycles. The van der Waals surface area contributed by atoms with E-state index in [0.29, 0.717) is 12.4 Å². The first-order chi connectivity index (χ1) is 11.1. The Morgan fingerprint density at radius 2 is 1.96 bits per heavy atom. The quantitative estimate of drug-likeness (QED) is 0.823. The van der Waals surface area contributed by atoms with Crippen LogP contribution >= 0.6 is 0 Å². The van der Waals surface area contributed by atoms with E-state index in [1.807, 2.05) is 48.4 Å². The van der Waals surface area contributed by atoms with Gasteiger partial charge in [0, 0.05) is 25.1 Å². The Labute approximate surface area is 135 Å². The highest BCUT2D eigenvalue weighted by atomic mass is 16.5. The average molecular weight is 312 g/mol. The van der Waals surface area contributed by atoms with Crippen LogP contribution < -0.4 is 10.6 Å². The van der Waals surface area contributed by atoms with Gasteiger partial charge in [0.1, 0.15) is 6.04 Å². The molecule has 1 aromatic heterocycles. The first-order valence-electron chi connectivity index (χ1n) is 7.22. The zero-order valence-corrected chi connectivity index (χ0v) is 13.2. The van der Waals surface area contributed by atoms with Crippen LogP contribution in [0, 0.1) is 0 Å². The van der Waals surface area contributed by atoms with Crippen molar-refractivity contribution in [3.63, 3.8) is 0 Å². The molecule has 0 saturated heterocycles. The number of nitrogens with zero attached hydrogens (tertiary/aromatic N) is 3. The van der Waals surface area contributed by atoms with Crippen molar-refractivity contribution in [2.45, 2.75) is 12.5 Å². The molecule has 0 radical (unpaired) electrons. The maximum Gasteiger partial charge on any atom is 0.322 e. The normalized spacial score (nSPS) is 12.1. The fourth-order valence-electron chi connectivity index (χ4n) is 1.99. The van der Waals surface area contributed by atoms with Gasteiger partial charge in [0.25, 0.3) is 0 Å². The fraction of sp³-hybridized carbons (Fsp3) is 0.235. The van der Waals surface area contributed by atoms with Crippen LogP contribution in [0.3, 0.4) is 0 Å². The molecule has 6 heteroatoms. The molecule has 0 aliphatic carbocycles. The van der Waals surface area contributed by atoms with E-state index in [9.17, 15) is 4.79 Å². The van der Waals surface area contributed by atoms with Crippen LogP contribution in [0.1, 0.15) is 12.0 Å². The number of ether oxygens (including phenoxy) is 1. The van der Waals surface area contributed by atoms with Crippen LogP contribution in [0.5, 0.6) is 0 Å². The van der Waals surface area contributed by atoms with Crippen molar-refractivity contribution in [3.05, 3.63) is 54.4 Å². The van der Waals surface area contributed by atoms with E-state index in [-0.39, 0.29) is 0 Å². The summed E-state index contributed by atoms with van der Waals surface area (Å²) in [5, 5.41) is 0. The molecule has 0 amide bonds. The van der Waals surface area contributed by atoms with E-state index in [0.717, 1.165) is 11.3 Å². The van der Waals surface area contributed by atoms with Crippen LogP contribution in [-0.4, -0.2) is 36.1 Å². The Hall–Kier alpha value is -2.73. The van der Waals surface area contributed by atoms with E-state index < -0.39 is 12.0 Å². The lowest BCUT2D eigenvalue weighted by Gasteiger charge is -2.16. The Morgan fingerprint density at radius 3 is 2.57 bits per heavy atom. The molecule has 1 aromatic carbocycles. The van der Waals surface area contributed by atoms with Gasteiger partial charge < -0.3 is 15.4 Å². The highest BCUT2D eigenvalue weighted by molar-refractivity contribution is 5.75. The Bertz CT molecular complexity index is 656. The number of hydrogen-bond acceptors (Lipinski definition) is 6. The summed E-state index contributed by atoms with van der Waals surface area (Å²) in [6, 6.07) is 9.08. The van der Waals surface area contributed by atoms with Gasteiger partial charge in [-0.15, -0.1) is 0 Å². The van der Waals surface area contributed by atoms with Gasteiger partial charge in [0.15, 0.2) is 0 Å². The lowest BCUT2D eigenvalue weighted by atomic mass is 10.1. The summed E-state index contributed by atoms with van der Waals surface area (Å²) in [4.78, 5) is 21.5. The zero-order chi connectivity index (χ0) is 16.7. The molecule has 0 fully saturated rings. The van der Waals surface area contributed by atoms with Crippen molar-refractivity contribution in [3.8, 4) is 0 Å². The second-order valence-corrected chi connectivity index (χ2v) is 4.97. The highest BCUT2D eigenvalue weighted by Gasteiger charge is 2.10. The number of esters is 1. The van der Waals surface area contributed by atoms with Crippen molar-refractivity contribution in [1.82, 2.24) is 9.97 Å². The van der Waals surface area contributed by atoms with Gasteiger partial charge in [-0.2, -0.15) is 0 Å². The van der Waals surface area contributed by atoms with Crippen LogP contribution in [0.15, 0.2) is 48.8 Å². The van der Waals surface area contributed by atoms with E-state index in [1.54, 1.807) is 18.5 Å². The van der Waals surface area contributed by atoms with E-state index in [2.05, 4.69) is 14.7 Å². The van der Waals surface area contributed by atoms with Gasteiger partial charge in [-0.05, 0) is 30.2 Å². The fourth-order valence-corrected chi connectivity index (χ4v) is 1.99. The summed E-state index contributed by atoms with van der Waals surface area (Å²) in [5.41, 5.74) is 7.68. The van der Waals surface area contributed by atoms with E-state index >= 15 is 0 Å². The second kappa shape index (κ2) is 8.05. The number of aromatic nitrogens is 2. The van der Waals surface area contributed by atoms with Gasteiger partial charge in [0.2, 0.25) is 5.95 Å². The smallest absolute Gasteiger partial charge is 0.322 e. The minimum atomic E-state index is -0.628. The predicted octanol–water partition coefficient (Wildman–Crippen LogP) is 2.15. The minimum absolute atomic E-state index is 0.408. The number of nitrogens with two attached hydrogens (primary N) is 1. The zero-order valence-electron chi connectivity index (χ0n) is 13.2. The molecule has 0 spiro atoms. The summed E-state index contributed by atoms with van der Waals surface area (Å²) in [6.45, 7) is 0. The second-order valence-electron chi connectivity index (χ2n) is 4.97. The molecule has 2 aromatic rings. The first kappa shape index (κ1) is 16.6. The largest absolute Gasteiger partial charge is 0.468 e. The van der Waals surface area contributed by atoms with Gasteiger partial charge in [0.05, 0.1) is 7.11 Å². The van der Waals surface area contributed by atoms with Gasteiger partial charge in [-0.3, -0.25) is 4.79 Å². The van der Waals surface area contributed by atoms with Crippen LogP contribution in [0.2, 0.25) is 0 Å². The molecule has 23 heavy (non-hydrogen) atoms. The number of carbonyl (C=O) groups is 1. The van der Waals surface area contributed by atoms with Gasteiger partial charge >= 0.3 is 5.97 Å². The number of anilines is 2. The van der Waals surface area contributed by atoms with Gasteiger partial charge in [-0.1, -0.05) is 24.3 Å². The molecule has 0 bridgehead atoms. The molecule has 0 aliphatic rings. The van der Waals surface area contributed by atoms with Crippen LogP contribution in [0.4, 0.5) is 11.6 Å². The lowest BCUT2D eigenvalue weighted by molar-refractivity contribution is -0.142. The third-order valence-electron chi connectivity index (χ3n) is 3.34. The molecule has 2 rings (SSSR count). The average Bonchev–Trinajstić information content (AvgIpc) is 2.61. The lowest BCUT2D eigenvalue weighted by Crippen LogP contribution is -2.30. The van der Waals surface area contributed by atoms with Crippen molar-refractivity contribution in [2.75, 3.05) is 19.1 Å². The highest BCUT2D eigenvalue weighted by Crippen LogP contribution is 2.20. The summed E-state index contributed by atoms with van der Waals surface area (Å²) in [7, 11) is 3.24. The van der Waals surface area contributed by atoms with Crippen LogP contribution in [-0.2, 0) is 9.53 Å². The molecule has 6 nitrogen and oxygen atoms in total. The molecule has 2 N–H and O–H groups in total. The van der Waals surface area contributed by atoms with Crippen molar-refractivity contribution in [1.29, 1.82) is 0 Å². The van der Waals surface area contributed by atoms with Crippen LogP contribution in [0.25, 0.3) is 6.08 Å². The number of rotatable bonds is 6. The summed E-state index contributed by atoms with van der Waals surface area (Å²) >= 11 is 0. The molecule has 1 atom stereocenters. The van der Waals surface area contributed by atoms with Gasteiger partial charge in [-0.25, -0.2) is 9.97 Å². The molecular weight excluding hydrogens is 292 g/mol. The SMILES string of the molecule is COC(=O)C(N)C/C=C/c1ccc(N(C)c2ncccn2)cc1. The topological polar surface area (TPSA) is 81.3 Å². The number of benzene rings is 1. The molecule has 0 saturated carbocycles. The Morgan fingerprint density at radius 1 is 1.30 bits per heavy atom. The van der Waals surface area contributed by atoms with E-state index in [1.165, 1.54) is 7.11 Å². The number of methoxy groups -OCH3 is 1. The third kappa shape index (κ3) is 4.62. The van der Waals surface area contributed by atoms with Crippen molar-refractivity contribution >= 4 is 23.7 Å². The minimum Gasteiger partial charge on any atom is -0.468 e. The van der Waals surface area contributed by atoms with Crippen molar-refractivity contribution < 1.29 is 9.53 Å². The molecule has 1 heterocycles. The predicted molar refractivity (Wildman–Crippen MR) is 90.2 cm³/mol. The van der Waals surface area contributed by atoms with Crippen molar-refractivity contribution in [2.24, 2.45) is 5.73 Å². The Kier molecular flexibility index (Phi) is 5.82. The molecule has 1 unspecified atom stereocenters. The third-order valence-corrected chi connectivity index (χ3v) is 3.34. The maximum atomic E-state index is 11.2. The summed E-state index contributed by atoms with van der Waals surface area (Å²) in [5.74, 6) is 0.231. The van der Waals surface area contributed by atoms with E-state index in [4.69, 9.17) is 5.73 Å². The number of carbonyl (C=O) groups excluding carboxylic acids is 1. The molecule has 120 valence electrons. The first-order valence-corrected chi connectivity index (χ1v) is 7.22. The monoisotopic (exact) mass is 312 g/mol. The maximum absolute atomic E-state index is 11.2. The summed E-state index contributed by atoms with van der Waals surface area (Å²) < 4.78 is 4.58.